The minimum absolute atomic E-state index is 0.0374. The molecule has 2 nitrogen and oxygen atoms in total. The van der Waals surface area contributed by atoms with Crippen molar-refractivity contribution in [2.24, 2.45) is 0 Å². The van der Waals surface area contributed by atoms with Crippen molar-refractivity contribution >= 4 is 65.4 Å². The lowest BCUT2D eigenvalue weighted by atomic mass is 9.85. The summed E-state index contributed by atoms with van der Waals surface area (Å²) in [5.41, 5.74) is -2.46. The van der Waals surface area contributed by atoms with Crippen molar-refractivity contribution in [3.05, 3.63) is 181 Å². The summed E-state index contributed by atoms with van der Waals surface area (Å²) in [6.45, 7) is 0. The molecule has 0 spiro atoms. The zero-order chi connectivity index (χ0) is 52.4. The van der Waals surface area contributed by atoms with Gasteiger partial charge in [-0.2, -0.15) is 0 Å². The van der Waals surface area contributed by atoms with Crippen LogP contribution in [0, 0.1) is 0 Å². The highest BCUT2D eigenvalue weighted by Crippen LogP contribution is 2.45. The Bertz CT molecular complexity index is 4290. The van der Waals surface area contributed by atoms with Gasteiger partial charge in [0, 0.05) is 21.5 Å². The molecule has 2 heterocycles. The van der Waals surface area contributed by atoms with Gasteiger partial charge in [0.15, 0.2) is 0 Å². The molecule has 0 amide bonds. The second kappa shape index (κ2) is 11.3. The van der Waals surface area contributed by atoms with Crippen molar-refractivity contribution in [2.75, 3.05) is 0 Å². The Balaban J connectivity index is 1.29. The molecule has 0 fully saturated rings. The molecule has 242 valence electrons. The van der Waals surface area contributed by atoms with E-state index in [-0.39, 0.29) is 54.6 Å². The zero-order valence-electron chi connectivity index (χ0n) is 47.5. The summed E-state index contributed by atoms with van der Waals surface area (Å²) < 4.78 is 203. The molecule has 11 rings (SSSR count). The summed E-state index contributed by atoms with van der Waals surface area (Å²) in [5, 5.41) is -2.30. The maximum absolute atomic E-state index is 9.91. The van der Waals surface area contributed by atoms with Gasteiger partial charge < -0.3 is 8.83 Å². The van der Waals surface area contributed by atoms with Gasteiger partial charge in [0.1, 0.15) is 22.3 Å². The summed E-state index contributed by atoms with van der Waals surface area (Å²) in [5.74, 6) is 0. The Labute approximate surface area is 329 Å². The molecule has 52 heavy (non-hydrogen) atoms. The largest absolute Gasteiger partial charge is 0.456 e. The SMILES string of the molecule is [2H]c1c([2H])c(-c2c([2H])c([2H])c3c(oc4c([2H])c([2H])c5oc6c([2H])c([2H])c([2H])c([2H])c6c5c43)c2[2H])c([2H])c(-c2c3c([2H])c([2H])c([2H])c([2H])c3c(-c3ccc(-c4ccccc4)cc3)c3c([2H])c([2H])c([2H])c([2H])c23)c1[2H]. The summed E-state index contributed by atoms with van der Waals surface area (Å²) in [6.07, 6.45) is 0. The molecule has 0 unspecified atom stereocenters. The summed E-state index contributed by atoms with van der Waals surface area (Å²) >= 11 is 0. The van der Waals surface area contributed by atoms with Crippen LogP contribution in [-0.4, -0.2) is 0 Å². The zero-order valence-corrected chi connectivity index (χ0v) is 26.5. The van der Waals surface area contributed by atoms with Crippen LogP contribution in [0.15, 0.2) is 190 Å². The number of fused-ring (bicyclic) bond motifs is 9. The number of hydrogen-bond donors (Lipinski definition) is 0. The van der Waals surface area contributed by atoms with Crippen molar-refractivity contribution in [3.8, 4) is 44.5 Å². The van der Waals surface area contributed by atoms with Crippen LogP contribution in [0.3, 0.4) is 0 Å². The molecule has 0 aliphatic carbocycles. The molecule has 0 N–H and O–H groups in total. The number of benzene rings is 9. The van der Waals surface area contributed by atoms with Gasteiger partial charge >= 0.3 is 0 Å². The van der Waals surface area contributed by atoms with Crippen molar-refractivity contribution in [1.29, 1.82) is 0 Å². The fraction of sp³-hybridized carbons (Fsp3) is 0. The Morgan fingerprint density at radius 1 is 0.308 bits per heavy atom. The lowest BCUT2D eigenvalue weighted by Crippen LogP contribution is -1.91. The van der Waals surface area contributed by atoms with Gasteiger partial charge in [-0.15, -0.1) is 0 Å². The van der Waals surface area contributed by atoms with E-state index in [9.17, 15) is 15.1 Å². The van der Waals surface area contributed by atoms with Gasteiger partial charge in [-0.1, -0.05) is 145 Å². The average Bonchev–Trinajstić information content (AvgIpc) is 3.99. The van der Waals surface area contributed by atoms with Crippen molar-refractivity contribution in [3.63, 3.8) is 0 Å². The molecule has 0 aliphatic heterocycles. The van der Waals surface area contributed by atoms with Crippen LogP contribution < -0.4 is 0 Å². The molecular formula is C50H30O2. The van der Waals surface area contributed by atoms with Gasteiger partial charge in [-0.3, -0.25) is 0 Å². The van der Waals surface area contributed by atoms with Crippen LogP contribution >= 0.6 is 0 Å². The molecular weight excluding hydrogens is 633 g/mol. The van der Waals surface area contributed by atoms with Crippen LogP contribution in [0.4, 0.5) is 0 Å². The van der Waals surface area contributed by atoms with Gasteiger partial charge in [0.25, 0.3) is 0 Å². The van der Waals surface area contributed by atoms with Gasteiger partial charge in [-0.25, -0.2) is 0 Å². The van der Waals surface area contributed by atoms with E-state index in [0.717, 1.165) is 11.1 Å². The molecule has 0 atom stereocenters. The molecule has 9 aromatic carbocycles. The lowest BCUT2D eigenvalue weighted by molar-refractivity contribution is 0.663. The Morgan fingerprint density at radius 2 is 0.808 bits per heavy atom. The number of para-hydroxylation sites is 1. The van der Waals surface area contributed by atoms with E-state index in [0.29, 0.717) is 0 Å². The van der Waals surface area contributed by atoms with Crippen LogP contribution in [0.5, 0.6) is 0 Å². The smallest absolute Gasteiger partial charge is 0.136 e. The maximum atomic E-state index is 9.91. The molecule has 0 radical (unpaired) electrons. The maximum Gasteiger partial charge on any atom is 0.136 e. The first kappa shape index (κ1) is 15.1. The number of rotatable bonds is 4. The molecule has 2 aromatic heterocycles. The first-order chi connectivity index (χ1) is 34.5. The number of hydrogen-bond acceptors (Lipinski definition) is 2. The van der Waals surface area contributed by atoms with Crippen LogP contribution in [-0.2, 0) is 0 Å². The molecule has 0 saturated carbocycles. The Morgan fingerprint density at radius 3 is 1.48 bits per heavy atom. The quantitative estimate of drug-likeness (QED) is 0.173. The highest BCUT2D eigenvalue weighted by atomic mass is 16.3. The molecule has 0 bridgehead atoms. The van der Waals surface area contributed by atoms with E-state index in [1.54, 1.807) is 24.3 Å². The van der Waals surface area contributed by atoms with E-state index in [2.05, 4.69) is 0 Å². The van der Waals surface area contributed by atoms with E-state index >= 15 is 0 Å². The third-order valence-corrected chi connectivity index (χ3v) is 9.11. The van der Waals surface area contributed by atoms with Gasteiger partial charge in [-0.05, 0) is 102 Å². The van der Waals surface area contributed by atoms with Crippen molar-refractivity contribution < 1.29 is 37.6 Å². The van der Waals surface area contributed by atoms with Gasteiger partial charge in [0.2, 0.25) is 0 Å². The predicted octanol–water partition coefficient (Wildman–Crippen LogP) is 14.5. The Hall–Kier alpha value is -6.90. The van der Waals surface area contributed by atoms with E-state index in [1.807, 2.05) is 30.3 Å². The third kappa shape index (κ3) is 4.38. The highest BCUT2D eigenvalue weighted by molar-refractivity contribution is 6.26. The van der Waals surface area contributed by atoms with Crippen molar-refractivity contribution in [2.45, 2.75) is 0 Å². The molecule has 11 aromatic rings. The second-order valence-corrected chi connectivity index (χ2v) is 12.0. The lowest BCUT2D eigenvalue weighted by Gasteiger charge is -2.18. The summed E-state index contributed by atoms with van der Waals surface area (Å²) in [4.78, 5) is 0. The Kier molecular flexibility index (Phi) is 3.29. The highest BCUT2D eigenvalue weighted by Gasteiger charge is 2.19. The second-order valence-electron chi connectivity index (χ2n) is 12.0. The van der Waals surface area contributed by atoms with Crippen molar-refractivity contribution in [1.82, 2.24) is 0 Å². The fourth-order valence-electron chi connectivity index (χ4n) is 6.84. The van der Waals surface area contributed by atoms with Crippen LogP contribution in [0.2, 0.25) is 0 Å². The fourth-order valence-corrected chi connectivity index (χ4v) is 6.84. The van der Waals surface area contributed by atoms with E-state index < -0.39 is 171 Å². The minimum atomic E-state index is -0.937. The van der Waals surface area contributed by atoms with Gasteiger partial charge in [0.05, 0.1) is 28.8 Å². The van der Waals surface area contributed by atoms with Crippen LogP contribution in [0.1, 0.15) is 28.8 Å². The van der Waals surface area contributed by atoms with E-state index in [1.165, 1.54) is 0 Å². The summed E-state index contributed by atoms with van der Waals surface area (Å²) in [6, 6.07) is 0.404. The topological polar surface area (TPSA) is 26.3 Å². The molecule has 2 heteroatoms. The standard InChI is InChI=1S/C50H30O2/c1-2-11-31(12-3-1)32-21-23-33(24-22-32)47-37-15-4-6-17-39(37)48(40-18-7-5-16-38(40)47)36-14-10-13-34(29-36)35-25-26-42-46(30-35)52-45-28-27-44-49(50(42)45)41-19-8-9-20-43(41)51-44/h1-30H/i4D,5D,6D,7D,8D,9D,10D,13D,14D,15D,16D,17D,18D,19D,20D,25D,26D,27D,28D,29D,30D. The van der Waals surface area contributed by atoms with Crippen LogP contribution in [0.25, 0.3) is 110 Å². The summed E-state index contributed by atoms with van der Waals surface area (Å²) in [7, 11) is 0. The molecule has 0 saturated heterocycles. The first-order valence-electron chi connectivity index (χ1n) is 26.5. The normalized spacial score (nSPS) is 17.5. The third-order valence-electron chi connectivity index (χ3n) is 9.11. The minimum Gasteiger partial charge on any atom is -0.456 e. The predicted molar refractivity (Wildman–Crippen MR) is 218 cm³/mol. The monoisotopic (exact) mass is 683 g/mol. The first-order valence-corrected chi connectivity index (χ1v) is 16.0. The van der Waals surface area contributed by atoms with E-state index in [4.69, 9.17) is 22.5 Å². The number of furan rings is 2. The molecule has 0 aliphatic rings. The average molecular weight is 684 g/mol.